The van der Waals surface area contributed by atoms with Crippen molar-refractivity contribution in [3.8, 4) is 0 Å². The second-order valence-corrected chi connectivity index (χ2v) is 0.742. The predicted molar refractivity (Wildman–Crippen MR) is 19.5 cm³/mol. The van der Waals surface area contributed by atoms with E-state index in [0.717, 1.165) is 0 Å². The standard InChI is InChI=1S/CHF3.BF4.2Li.2H/c2-1(3)4;2-1(3,4)5;;;;/h1H;;;;;/q;-1;2*+1;2*-1. The first-order chi connectivity index (χ1) is 3.73. The number of alkyl halides is 3. The second-order valence-electron chi connectivity index (χ2n) is 0.742. The third kappa shape index (κ3) is 1400. The fourth-order valence-electron chi connectivity index (χ4n) is 0. The van der Waals surface area contributed by atoms with Crippen molar-refractivity contribution in [2.75, 3.05) is 0 Å². The summed E-state index contributed by atoms with van der Waals surface area (Å²) in [6.07, 6.45) is 0. The van der Waals surface area contributed by atoms with Crippen LogP contribution in [0.5, 0.6) is 0 Å². The molecule has 0 aliphatic rings. The maximum Gasteiger partial charge on any atom is 1.00 e. The van der Waals surface area contributed by atoms with E-state index in [-0.39, 0.29) is 40.6 Å². The molecule has 0 saturated heterocycles. The summed E-state index contributed by atoms with van der Waals surface area (Å²) in [4.78, 5) is 0. The Balaban J connectivity index is -0.0000000146. The van der Waals surface area contributed by atoms with Gasteiger partial charge in [0.1, 0.15) is 0 Å². The molecule has 62 valence electrons. The molecule has 10 heteroatoms. The Kier molecular flexibility index (Phi) is 22.1. The first kappa shape index (κ1) is 22.6. The summed E-state index contributed by atoms with van der Waals surface area (Å²) < 4.78 is 68.0. The summed E-state index contributed by atoms with van der Waals surface area (Å²) in [5.41, 5.74) is 0. The molecular weight excluding hydrogens is 170 g/mol. The Morgan fingerprint density at radius 1 is 0.818 bits per heavy atom. The zero-order chi connectivity index (χ0) is 8.08. The summed E-state index contributed by atoms with van der Waals surface area (Å²) in [6, 6.07) is 0. The molecule has 0 fully saturated rings. The fraction of sp³-hybridized carbons (Fsp3) is 1.00. The van der Waals surface area contributed by atoms with Gasteiger partial charge >= 0.3 is 51.7 Å². The van der Waals surface area contributed by atoms with Crippen LogP contribution >= 0.6 is 0 Å². The van der Waals surface area contributed by atoms with E-state index in [1.165, 1.54) is 0 Å². The first-order valence-electron chi connectivity index (χ1n) is 1.53. The zero-order valence-corrected chi connectivity index (χ0v) is 5.80. The second kappa shape index (κ2) is 10.8. The molecule has 0 aromatic heterocycles. The van der Waals surface area contributed by atoms with Crippen LogP contribution in [0.15, 0.2) is 0 Å². The van der Waals surface area contributed by atoms with Crippen molar-refractivity contribution in [2.45, 2.75) is 6.68 Å². The van der Waals surface area contributed by atoms with E-state index in [1.54, 1.807) is 0 Å². The van der Waals surface area contributed by atoms with Crippen LogP contribution < -0.4 is 37.7 Å². The van der Waals surface area contributed by atoms with E-state index in [4.69, 9.17) is 0 Å². The first-order valence-corrected chi connectivity index (χ1v) is 1.53. The van der Waals surface area contributed by atoms with Crippen LogP contribution in [0.1, 0.15) is 2.85 Å². The molecule has 0 N–H and O–H groups in total. The maximum atomic E-state index is 9.75. The molecule has 0 aromatic rings. The van der Waals surface area contributed by atoms with Gasteiger partial charge in [0.25, 0.3) is 0 Å². The quantitative estimate of drug-likeness (QED) is 0.266. The molecule has 0 nitrogen and oxygen atoms in total. The Hall–Kier alpha value is 0.770. The van der Waals surface area contributed by atoms with E-state index >= 15 is 0 Å². The normalized spacial score (nSPS) is 8.73. The van der Waals surface area contributed by atoms with Gasteiger partial charge in [0.2, 0.25) is 0 Å². The minimum Gasteiger partial charge on any atom is -1.00 e. The average Bonchev–Trinajstić information content (AvgIpc) is 1.19. The van der Waals surface area contributed by atoms with E-state index in [0.29, 0.717) is 0 Å². The van der Waals surface area contributed by atoms with Gasteiger partial charge < -0.3 is 20.1 Å². The van der Waals surface area contributed by atoms with Gasteiger partial charge in [-0.2, -0.15) is 13.2 Å². The van der Waals surface area contributed by atoms with Crippen molar-refractivity contribution in [2.24, 2.45) is 0 Å². The van der Waals surface area contributed by atoms with Crippen LogP contribution in [0.2, 0.25) is 0 Å². The number of hydrogen-bond acceptors (Lipinski definition) is 0. The third-order valence-corrected chi connectivity index (χ3v) is 0. The molecule has 0 bridgehead atoms. The van der Waals surface area contributed by atoms with Crippen LogP contribution in [-0.2, 0) is 0 Å². The molecular formula is CH3BF7Li2-. The van der Waals surface area contributed by atoms with Crippen molar-refractivity contribution < 1.29 is 71.0 Å². The topological polar surface area (TPSA) is 0 Å². The molecule has 0 aliphatic heterocycles. The van der Waals surface area contributed by atoms with Gasteiger partial charge in [0, 0.05) is 0 Å². The molecule has 0 rings (SSSR count). The van der Waals surface area contributed by atoms with E-state index in [2.05, 4.69) is 0 Å². The molecule has 0 saturated carbocycles. The molecule has 11 heavy (non-hydrogen) atoms. The van der Waals surface area contributed by atoms with E-state index < -0.39 is 13.9 Å². The van der Waals surface area contributed by atoms with Gasteiger partial charge in [-0.05, 0) is 0 Å². The monoisotopic (exact) mass is 173 g/mol. The van der Waals surface area contributed by atoms with Crippen molar-refractivity contribution in [1.82, 2.24) is 0 Å². The molecule has 0 aliphatic carbocycles. The van der Waals surface area contributed by atoms with Gasteiger partial charge in [0.05, 0.1) is 0 Å². The summed E-state index contributed by atoms with van der Waals surface area (Å²) in [6.45, 7) is -3.67. The number of halogens is 7. The Bertz CT molecular complexity index is 61.2. The Labute approximate surface area is 85.3 Å². The van der Waals surface area contributed by atoms with Crippen molar-refractivity contribution >= 4 is 7.25 Å². The van der Waals surface area contributed by atoms with Gasteiger partial charge in [-0.15, -0.1) is 0 Å². The molecule has 0 amide bonds. The van der Waals surface area contributed by atoms with E-state index in [1.807, 2.05) is 0 Å². The molecule has 0 unspecified atom stereocenters. The largest absolute Gasteiger partial charge is 1.00 e. The number of rotatable bonds is 0. The van der Waals surface area contributed by atoms with Crippen LogP contribution in [0.25, 0.3) is 0 Å². The van der Waals surface area contributed by atoms with Crippen LogP contribution in [0.3, 0.4) is 0 Å². The average molecular weight is 173 g/mol. The van der Waals surface area contributed by atoms with Crippen molar-refractivity contribution in [3.05, 3.63) is 0 Å². The maximum absolute atomic E-state index is 9.75. The summed E-state index contributed by atoms with van der Waals surface area (Å²) in [5.74, 6) is 0. The van der Waals surface area contributed by atoms with Gasteiger partial charge in [0.15, 0.2) is 0 Å². The minimum atomic E-state index is -6.00. The summed E-state index contributed by atoms with van der Waals surface area (Å²) in [7, 11) is -6.00. The SMILES string of the molecule is FC(F)F.F[B-](F)(F)F.[H-].[H-].[Li+].[Li+]. The molecule has 0 spiro atoms. The Morgan fingerprint density at radius 2 is 0.818 bits per heavy atom. The van der Waals surface area contributed by atoms with Crippen molar-refractivity contribution in [3.63, 3.8) is 0 Å². The van der Waals surface area contributed by atoms with Gasteiger partial charge in [-0.1, -0.05) is 0 Å². The van der Waals surface area contributed by atoms with Gasteiger partial charge in [-0.25, -0.2) is 0 Å². The smallest absolute Gasteiger partial charge is 1.00 e. The van der Waals surface area contributed by atoms with E-state index in [9.17, 15) is 30.4 Å². The van der Waals surface area contributed by atoms with Crippen LogP contribution in [0.4, 0.5) is 30.4 Å². The number of hydrogen-bond donors (Lipinski definition) is 0. The van der Waals surface area contributed by atoms with Gasteiger partial charge in [-0.3, -0.25) is 0 Å². The predicted octanol–water partition coefficient (Wildman–Crippen LogP) is -3.29. The Morgan fingerprint density at radius 3 is 0.818 bits per heavy atom. The zero-order valence-electron chi connectivity index (χ0n) is 7.80. The third-order valence-electron chi connectivity index (χ3n) is 0. The molecule has 0 heterocycles. The molecule has 0 aromatic carbocycles. The van der Waals surface area contributed by atoms with Crippen molar-refractivity contribution in [1.29, 1.82) is 0 Å². The minimum absolute atomic E-state index is 0. The van der Waals surface area contributed by atoms with Crippen LogP contribution in [0, 0.1) is 0 Å². The molecule has 0 radical (unpaired) electrons. The van der Waals surface area contributed by atoms with Crippen LogP contribution in [-0.4, -0.2) is 13.9 Å². The summed E-state index contributed by atoms with van der Waals surface area (Å²) in [5, 5.41) is 0. The fourth-order valence-corrected chi connectivity index (χ4v) is 0. The molecule has 0 atom stereocenters. The summed E-state index contributed by atoms with van der Waals surface area (Å²) >= 11 is 0.